The van der Waals surface area contributed by atoms with E-state index in [1.165, 1.54) is 7.11 Å². The van der Waals surface area contributed by atoms with E-state index < -0.39 is 11.8 Å². The lowest BCUT2D eigenvalue weighted by molar-refractivity contribution is -0.114. The van der Waals surface area contributed by atoms with Crippen molar-refractivity contribution >= 4 is 28.9 Å². The Bertz CT molecular complexity index is 614. The third-order valence-corrected chi connectivity index (χ3v) is 2.68. The average Bonchev–Trinajstić information content (AvgIpc) is 2.54. The Morgan fingerprint density at radius 3 is 1.59 bits per heavy atom. The van der Waals surface area contributed by atoms with E-state index in [1.54, 1.807) is 48.5 Å². The van der Waals surface area contributed by atoms with Crippen molar-refractivity contribution in [2.24, 2.45) is 5.16 Å². The Balaban J connectivity index is 2.10. The maximum atomic E-state index is 12.2. The van der Waals surface area contributed by atoms with Crippen LogP contribution in [0.5, 0.6) is 0 Å². The van der Waals surface area contributed by atoms with Crippen LogP contribution in [0.4, 0.5) is 11.4 Å². The molecule has 0 saturated carbocycles. The molecule has 22 heavy (non-hydrogen) atoms. The van der Waals surface area contributed by atoms with Gasteiger partial charge in [0, 0.05) is 11.4 Å². The summed E-state index contributed by atoms with van der Waals surface area (Å²) in [6.07, 6.45) is 0. The minimum absolute atomic E-state index is 0.366. The Morgan fingerprint density at radius 2 is 1.23 bits per heavy atom. The molecule has 0 spiro atoms. The lowest BCUT2D eigenvalue weighted by Crippen LogP contribution is -2.34. The standard InChI is InChI=1S/C16H15N3O3/c1-22-19-14(15(20)17-12-8-4-2-5-9-12)16(21)18-13-10-6-3-7-11-13/h2-11H,1H3,(H,17,20)(H,18,21). The van der Waals surface area contributed by atoms with Crippen molar-refractivity contribution in [1.82, 2.24) is 0 Å². The monoisotopic (exact) mass is 297 g/mol. The summed E-state index contributed by atoms with van der Waals surface area (Å²) in [5.74, 6) is -1.30. The van der Waals surface area contributed by atoms with E-state index in [2.05, 4.69) is 20.6 Å². The fourth-order valence-corrected chi connectivity index (χ4v) is 1.70. The van der Waals surface area contributed by atoms with Gasteiger partial charge in [-0.05, 0) is 24.3 Å². The highest BCUT2D eigenvalue weighted by Crippen LogP contribution is 2.07. The van der Waals surface area contributed by atoms with Gasteiger partial charge in [0.2, 0.25) is 5.71 Å². The lowest BCUT2D eigenvalue weighted by atomic mass is 10.2. The molecule has 0 atom stereocenters. The van der Waals surface area contributed by atoms with Gasteiger partial charge in [0.05, 0.1) is 0 Å². The molecule has 0 radical (unpaired) electrons. The summed E-state index contributed by atoms with van der Waals surface area (Å²) < 4.78 is 0. The zero-order valence-electron chi connectivity index (χ0n) is 11.9. The van der Waals surface area contributed by atoms with Crippen LogP contribution >= 0.6 is 0 Å². The van der Waals surface area contributed by atoms with Crippen molar-refractivity contribution in [1.29, 1.82) is 0 Å². The minimum atomic E-state index is -0.651. The number of amides is 2. The molecule has 2 rings (SSSR count). The molecule has 2 amide bonds. The molecule has 0 heterocycles. The van der Waals surface area contributed by atoms with Gasteiger partial charge in [0.15, 0.2) is 0 Å². The van der Waals surface area contributed by atoms with Gasteiger partial charge >= 0.3 is 0 Å². The first-order valence-electron chi connectivity index (χ1n) is 6.54. The predicted octanol–water partition coefficient (Wildman–Crippen LogP) is 2.27. The number of nitrogens with one attached hydrogen (secondary N) is 2. The number of rotatable bonds is 5. The summed E-state index contributed by atoms with van der Waals surface area (Å²) in [6.45, 7) is 0. The molecule has 0 saturated heterocycles. The summed E-state index contributed by atoms with van der Waals surface area (Å²) in [5, 5.41) is 8.67. The number of hydrogen-bond acceptors (Lipinski definition) is 4. The van der Waals surface area contributed by atoms with Gasteiger partial charge in [0.1, 0.15) is 7.11 Å². The average molecular weight is 297 g/mol. The van der Waals surface area contributed by atoms with Gasteiger partial charge in [-0.2, -0.15) is 0 Å². The molecule has 2 aromatic carbocycles. The molecule has 0 aliphatic rings. The van der Waals surface area contributed by atoms with Gasteiger partial charge in [0.25, 0.3) is 11.8 Å². The molecule has 2 N–H and O–H groups in total. The van der Waals surface area contributed by atoms with E-state index in [0.717, 1.165) is 0 Å². The molecule has 0 aliphatic carbocycles. The molecule has 0 unspecified atom stereocenters. The second-order valence-electron chi connectivity index (χ2n) is 4.26. The van der Waals surface area contributed by atoms with Gasteiger partial charge in [-0.1, -0.05) is 41.6 Å². The van der Waals surface area contributed by atoms with Gasteiger partial charge in [-0.25, -0.2) is 0 Å². The van der Waals surface area contributed by atoms with E-state index >= 15 is 0 Å². The highest BCUT2D eigenvalue weighted by molar-refractivity contribution is 6.68. The van der Waals surface area contributed by atoms with E-state index in [0.29, 0.717) is 11.4 Å². The zero-order valence-corrected chi connectivity index (χ0v) is 11.9. The third-order valence-electron chi connectivity index (χ3n) is 2.68. The van der Waals surface area contributed by atoms with Crippen LogP contribution < -0.4 is 10.6 Å². The Morgan fingerprint density at radius 1 is 0.818 bits per heavy atom. The van der Waals surface area contributed by atoms with Gasteiger partial charge < -0.3 is 15.5 Å². The second-order valence-corrected chi connectivity index (χ2v) is 4.26. The van der Waals surface area contributed by atoms with Gasteiger partial charge in [-0.15, -0.1) is 0 Å². The summed E-state index contributed by atoms with van der Waals surface area (Å²) in [6, 6.07) is 17.5. The van der Waals surface area contributed by atoms with Crippen LogP contribution in [-0.4, -0.2) is 24.6 Å². The van der Waals surface area contributed by atoms with E-state index in [9.17, 15) is 9.59 Å². The summed E-state index contributed by atoms with van der Waals surface area (Å²) in [7, 11) is 1.27. The number of hydrogen-bond donors (Lipinski definition) is 2. The fourth-order valence-electron chi connectivity index (χ4n) is 1.70. The topological polar surface area (TPSA) is 79.8 Å². The van der Waals surface area contributed by atoms with Crippen LogP contribution in [0.1, 0.15) is 0 Å². The first kappa shape index (κ1) is 15.2. The van der Waals surface area contributed by atoms with Crippen LogP contribution in [-0.2, 0) is 14.4 Å². The van der Waals surface area contributed by atoms with Crippen molar-refractivity contribution in [2.75, 3.05) is 17.7 Å². The summed E-state index contributed by atoms with van der Waals surface area (Å²) in [4.78, 5) is 28.9. The zero-order chi connectivity index (χ0) is 15.8. The molecule has 0 aliphatic heterocycles. The van der Waals surface area contributed by atoms with Crippen molar-refractivity contribution in [3.8, 4) is 0 Å². The molecular weight excluding hydrogens is 282 g/mol. The molecule has 112 valence electrons. The number of anilines is 2. The van der Waals surface area contributed by atoms with Crippen LogP contribution in [0.3, 0.4) is 0 Å². The van der Waals surface area contributed by atoms with Gasteiger partial charge in [-0.3, -0.25) is 9.59 Å². The first-order chi connectivity index (χ1) is 10.7. The molecule has 0 fully saturated rings. The van der Waals surface area contributed by atoms with E-state index in [4.69, 9.17) is 0 Å². The second kappa shape index (κ2) is 7.58. The van der Waals surface area contributed by atoms with Crippen LogP contribution in [0.15, 0.2) is 65.8 Å². The number of benzene rings is 2. The summed E-state index contributed by atoms with van der Waals surface area (Å²) >= 11 is 0. The lowest BCUT2D eigenvalue weighted by Gasteiger charge is -2.08. The fraction of sp³-hybridized carbons (Fsp3) is 0.0625. The number of carbonyl (C=O) groups is 2. The normalized spacial score (nSPS) is 9.50. The molecule has 0 bridgehead atoms. The van der Waals surface area contributed by atoms with Crippen LogP contribution in [0, 0.1) is 0 Å². The van der Waals surface area contributed by atoms with Crippen LogP contribution in [0.2, 0.25) is 0 Å². The van der Waals surface area contributed by atoms with Crippen molar-refractivity contribution in [3.63, 3.8) is 0 Å². The Labute approximate surface area is 127 Å². The predicted molar refractivity (Wildman–Crippen MR) is 84.6 cm³/mol. The molecule has 2 aromatic rings. The largest absolute Gasteiger partial charge is 0.398 e. The van der Waals surface area contributed by atoms with Crippen molar-refractivity contribution in [3.05, 3.63) is 60.7 Å². The minimum Gasteiger partial charge on any atom is -0.398 e. The highest BCUT2D eigenvalue weighted by Gasteiger charge is 2.22. The van der Waals surface area contributed by atoms with Crippen LogP contribution in [0.25, 0.3) is 0 Å². The smallest absolute Gasteiger partial charge is 0.283 e. The van der Waals surface area contributed by atoms with Crippen molar-refractivity contribution in [2.45, 2.75) is 0 Å². The van der Waals surface area contributed by atoms with Crippen molar-refractivity contribution < 1.29 is 14.4 Å². The quantitative estimate of drug-likeness (QED) is 0.505. The first-order valence-corrected chi connectivity index (χ1v) is 6.54. The number of nitrogens with zero attached hydrogens (tertiary/aromatic N) is 1. The number of para-hydroxylation sites is 2. The maximum Gasteiger partial charge on any atom is 0.283 e. The Hall–Kier alpha value is -3.15. The number of carbonyl (C=O) groups excluding carboxylic acids is 2. The Kier molecular flexibility index (Phi) is 5.25. The maximum absolute atomic E-state index is 12.2. The highest BCUT2D eigenvalue weighted by atomic mass is 16.6. The SMILES string of the molecule is CON=C(C(=O)Nc1ccccc1)C(=O)Nc1ccccc1. The van der Waals surface area contributed by atoms with E-state index in [1.807, 2.05) is 12.1 Å². The number of oxime groups is 1. The molecule has 6 nitrogen and oxygen atoms in total. The molecule has 6 heteroatoms. The third kappa shape index (κ3) is 4.17. The molecular formula is C16H15N3O3. The molecule has 0 aromatic heterocycles. The van der Waals surface area contributed by atoms with E-state index in [-0.39, 0.29) is 5.71 Å². The summed E-state index contributed by atoms with van der Waals surface area (Å²) in [5.41, 5.74) is 0.753.